The van der Waals surface area contributed by atoms with Crippen LogP contribution in [0.3, 0.4) is 0 Å². The molecule has 1 aliphatic heterocycles. The fraction of sp³-hybridized carbons (Fsp3) is 0.667. The molecule has 0 unspecified atom stereocenters. The molecule has 0 aromatic rings. The standard InChI is InChI=1S/C9H12N2O3/c1-2-9(5-3-4-5)6(12)10-8(14)11-7(9)13/h5H,2-4H2,1H3,(H2,10,11,12,13,14). The van der Waals surface area contributed by atoms with Gasteiger partial charge in [0.15, 0.2) is 0 Å². The Morgan fingerprint density at radius 1 is 1.21 bits per heavy atom. The maximum absolute atomic E-state index is 11.7. The van der Waals surface area contributed by atoms with Crippen molar-refractivity contribution in [3.63, 3.8) is 0 Å². The van der Waals surface area contributed by atoms with Gasteiger partial charge in [-0.25, -0.2) is 4.79 Å². The Morgan fingerprint density at radius 2 is 1.71 bits per heavy atom. The van der Waals surface area contributed by atoms with Crippen LogP contribution >= 0.6 is 0 Å². The predicted molar refractivity (Wildman–Crippen MR) is 47.1 cm³/mol. The molecule has 2 N–H and O–H groups in total. The highest BCUT2D eigenvalue weighted by Crippen LogP contribution is 2.48. The van der Waals surface area contributed by atoms with E-state index in [1.54, 1.807) is 6.92 Å². The molecule has 5 heteroatoms. The normalized spacial score (nSPS) is 25.6. The average molecular weight is 196 g/mol. The zero-order chi connectivity index (χ0) is 10.3. The first-order valence-electron chi connectivity index (χ1n) is 4.78. The van der Waals surface area contributed by atoms with Gasteiger partial charge in [0.2, 0.25) is 11.8 Å². The Hall–Kier alpha value is -1.39. The molecule has 2 fully saturated rings. The maximum Gasteiger partial charge on any atom is 0.328 e. The molecule has 0 bridgehead atoms. The third-order valence-electron chi connectivity index (χ3n) is 3.10. The summed E-state index contributed by atoms with van der Waals surface area (Å²) in [5, 5.41) is 4.33. The van der Waals surface area contributed by atoms with Crippen LogP contribution in [-0.2, 0) is 9.59 Å². The average Bonchev–Trinajstić information content (AvgIpc) is 2.88. The molecule has 1 aliphatic carbocycles. The first-order valence-corrected chi connectivity index (χ1v) is 4.78. The van der Waals surface area contributed by atoms with E-state index in [-0.39, 0.29) is 5.92 Å². The highest BCUT2D eigenvalue weighted by Gasteiger charge is 2.57. The van der Waals surface area contributed by atoms with Gasteiger partial charge in [-0.2, -0.15) is 0 Å². The van der Waals surface area contributed by atoms with Crippen LogP contribution in [0.2, 0.25) is 0 Å². The number of imide groups is 2. The van der Waals surface area contributed by atoms with Crippen molar-refractivity contribution >= 4 is 17.8 Å². The first kappa shape index (κ1) is 9.18. The molecule has 0 atom stereocenters. The predicted octanol–water partition coefficient (Wildman–Crippen LogP) is 0.159. The third kappa shape index (κ3) is 1.05. The van der Waals surface area contributed by atoms with Gasteiger partial charge in [0.25, 0.3) is 0 Å². The van der Waals surface area contributed by atoms with Crippen LogP contribution in [0.15, 0.2) is 0 Å². The quantitative estimate of drug-likeness (QED) is 0.618. The zero-order valence-corrected chi connectivity index (χ0v) is 7.92. The number of nitrogens with one attached hydrogen (secondary N) is 2. The number of urea groups is 1. The number of barbiturate groups is 1. The minimum absolute atomic E-state index is 0.112. The topological polar surface area (TPSA) is 75.3 Å². The van der Waals surface area contributed by atoms with Crippen molar-refractivity contribution in [3.8, 4) is 0 Å². The molecule has 0 radical (unpaired) electrons. The van der Waals surface area contributed by atoms with Crippen LogP contribution in [0.25, 0.3) is 0 Å². The molecular weight excluding hydrogens is 184 g/mol. The van der Waals surface area contributed by atoms with Gasteiger partial charge in [0.05, 0.1) is 0 Å². The van der Waals surface area contributed by atoms with Gasteiger partial charge in [-0.1, -0.05) is 6.92 Å². The smallest absolute Gasteiger partial charge is 0.277 e. The Bertz CT molecular complexity index is 300. The lowest BCUT2D eigenvalue weighted by Gasteiger charge is -2.32. The number of carbonyl (C=O) groups is 3. The largest absolute Gasteiger partial charge is 0.328 e. The van der Waals surface area contributed by atoms with Crippen molar-refractivity contribution in [2.75, 3.05) is 0 Å². The van der Waals surface area contributed by atoms with Gasteiger partial charge in [-0.05, 0) is 25.2 Å². The van der Waals surface area contributed by atoms with E-state index in [0.29, 0.717) is 6.42 Å². The second-order valence-corrected chi connectivity index (χ2v) is 3.84. The molecule has 0 spiro atoms. The lowest BCUT2D eigenvalue weighted by molar-refractivity contribution is -0.146. The Balaban J connectivity index is 2.34. The minimum Gasteiger partial charge on any atom is -0.277 e. The summed E-state index contributed by atoms with van der Waals surface area (Å²) in [7, 11) is 0. The summed E-state index contributed by atoms with van der Waals surface area (Å²) in [6, 6.07) is -0.704. The molecule has 2 rings (SSSR count). The molecule has 0 aromatic carbocycles. The zero-order valence-electron chi connectivity index (χ0n) is 7.92. The molecule has 1 saturated heterocycles. The van der Waals surface area contributed by atoms with E-state index >= 15 is 0 Å². The number of carbonyl (C=O) groups excluding carboxylic acids is 3. The molecule has 0 aromatic heterocycles. The van der Waals surface area contributed by atoms with E-state index in [1.807, 2.05) is 0 Å². The first-order chi connectivity index (χ1) is 6.61. The van der Waals surface area contributed by atoms with E-state index in [9.17, 15) is 14.4 Å². The number of hydrogen-bond donors (Lipinski definition) is 2. The van der Waals surface area contributed by atoms with Crippen molar-refractivity contribution in [2.24, 2.45) is 11.3 Å². The van der Waals surface area contributed by atoms with Gasteiger partial charge >= 0.3 is 6.03 Å². The fourth-order valence-corrected chi connectivity index (χ4v) is 2.12. The minimum atomic E-state index is -0.992. The summed E-state index contributed by atoms with van der Waals surface area (Å²) >= 11 is 0. The van der Waals surface area contributed by atoms with Gasteiger partial charge in [-0.15, -0.1) is 0 Å². The molecule has 4 amide bonds. The van der Waals surface area contributed by atoms with Crippen molar-refractivity contribution < 1.29 is 14.4 Å². The second kappa shape index (κ2) is 2.80. The molecule has 76 valence electrons. The molecule has 2 aliphatic rings. The highest BCUT2D eigenvalue weighted by molar-refractivity contribution is 6.19. The Morgan fingerprint density at radius 3 is 2.07 bits per heavy atom. The van der Waals surface area contributed by atoms with Crippen molar-refractivity contribution in [2.45, 2.75) is 26.2 Å². The summed E-state index contributed by atoms with van der Waals surface area (Å²) in [6.45, 7) is 1.80. The molecule has 1 saturated carbocycles. The van der Waals surface area contributed by atoms with E-state index < -0.39 is 23.3 Å². The van der Waals surface area contributed by atoms with E-state index in [4.69, 9.17) is 0 Å². The van der Waals surface area contributed by atoms with E-state index in [2.05, 4.69) is 10.6 Å². The van der Waals surface area contributed by atoms with E-state index in [0.717, 1.165) is 12.8 Å². The van der Waals surface area contributed by atoms with E-state index in [1.165, 1.54) is 0 Å². The van der Waals surface area contributed by atoms with Crippen LogP contribution in [0.4, 0.5) is 4.79 Å². The number of amides is 4. The summed E-state index contributed by atoms with van der Waals surface area (Å²) in [6.07, 6.45) is 2.23. The lowest BCUT2D eigenvalue weighted by Crippen LogP contribution is -2.63. The monoisotopic (exact) mass is 196 g/mol. The maximum atomic E-state index is 11.7. The molecule has 5 nitrogen and oxygen atoms in total. The summed E-state index contributed by atoms with van der Waals surface area (Å²) in [4.78, 5) is 34.2. The Labute approximate surface area is 81.2 Å². The Kier molecular flexibility index (Phi) is 1.83. The van der Waals surface area contributed by atoms with Gasteiger partial charge in [0.1, 0.15) is 5.41 Å². The molecule has 14 heavy (non-hydrogen) atoms. The van der Waals surface area contributed by atoms with Crippen molar-refractivity contribution in [3.05, 3.63) is 0 Å². The van der Waals surface area contributed by atoms with Crippen molar-refractivity contribution in [1.82, 2.24) is 10.6 Å². The fourth-order valence-electron chi connectivity index (χ4n) is 2.12. The molecular formula is C9H12N2O3. The van der Waals surface area contributed by atoms with Crippen LogP contribution in [-0.4, -0.2) is 17.8 Å². The lowest BCUT2D eigenvalue weighted by atomic mass is 9.77. The second-order valence-electron chi connectivity index (χ2n) is 3.84. The SMILES string of the molecule is CCC1(C2CC2)C(=O)NC(=O)NC1=O. The summed E-state index contributed by atoms with van der Waals surface area (Å²) in [5.41, 5.74) is -0.992. The molecule has 1 heterocycles. The van der Waals surface area contributed by atoms with Gasteiger partial charge in [-0.3, -0.25) is 20.2 Å². The van der Waals surface area contributed by atoms with Crippen LogP contribution in [0, 0.1) is 11.3 Å². The summed E-state index contributed by atoms with van der Waals surface area (Å²) < 4.78 is 0. The number of rotatable bonds is 2. The van der Waals surface area contributed by atoms with Crippen LogP contribution in [0.5, 0.6) is 0 Å². The highest BCUT2D eigenvalue weighted by atomic mass is 16.2. The van der Waals surface area contributed by atoms with Gasteiger partial charge in [0, 0.05) is 0 Å². The summed E-state index contributed by atoms with van der Waals surface area (Å²) in [5.74, 6) is -0.756. The van der Waals surface area contributed by atoms with Crippen LogP contribution in [0.1, 0.15) is 26.2 Å². The number of hydrogen-bond acceptors (Lipinski definition) is 3. The van der Waals surface area contributed by atoms with Crippen molar-refractivity contribution in [1.29, 1.82) is 0 Å². The third-order valence-corrected chi connectivity index (χ3v) is 3.10. The van der Waals surface area contributed by atoms with Crippen LogP contribution < -0.4 is 10.6 Å². The van der Waals surface area contributed by atoms with Gasteiger partial charge < -0.3 is 0 Å².